The number of carbonyl (C=O) groups is 2. The summed E-state index contributed by atoms with van der Waals surface area (Å²) in [6, 6.07) is 24.7. The van der Waals surface area contributed by atoms with Gasteiger partial charge in [0, 0.05) is 24.5 Å². The van der Waals surface area contributed by atoms with E-state index in [2.05, 4.69) is 11.9 Å². The van der Waals surface area contributed by atoms with Gasteiger partial charge in [0.25, 0.3) is 11.7 Å². The molecule has 8 heteroatoms. The predicted molar refractivity (Wildman–Crippen MR) is 163 cm³/mol. The third-order valence-electron chi connectivity index (χ3n) is 7.26. The number of pyridine rings is 1. The Morgan fingerprint density at radius 3 is 2.42 bits per heavy atom. The normalized spacial score (nSPS) is 15.9. The number of aromatic nitrogens is 1. The molecule has 220 valence electrons. The average Bonchev–Trinajstić information content (AvgIpc) is 3.29. The van der Waals surface area contributed by atoms with E-state index in [-0.39, 0.29) is 17.9 Å². The highest BCUT2D eigenvalue weighted by atomic mass is 16.5. The quantitative estimate of drug-likeness (QED) is 0.0890. The van der Waals surface area contributed by atoms with Crippen molar-refractivity contribution in [2.24, 2.45) is 0 Å². The summed E-state index contributed by atoms with van der Waals surface area (Å²) in [5.74, 6) is -0.224. The molecule has 1 N–H and O–H groups in total. The Balaban J connectivity index is 1.55. The summed E-state index contributed by atoms with van der Waals surface area (Å²) in [4.78, 5) is 32.6. The molecule has 1 saturated heterocycles. The molecule has 0 radical (unpaired) electrons. The maximum atomic E-state index is 13.6. The number of carbonyl (C=O) groups excluding carboxylic acids is 2. The Morgan fingerprint density at radius 2 is 1.67 bits per heavy atom. The van der Waals surface area contributed by atoms with Crippen LogP contribution in [0.1, 0.15) is 48.1 Å². The highest BCUT2D eigenvalue weighted by Crippen LogP contribution is 2.43. The van der Waals surface area contributed by atoms with Gasteiger partial charge < -0.3 is 24.2 Å². The average molecular weight is 579 g/mol. The maximum Gasteiger partial charge on any atom is 0.295 e. The van der Waals surface area contributed by atoms with Gasteiger partial charge in [-0.2, -0.15) is 0 Å². The first-order valence-electron chi connectivity index (χ1n) is 14.2. The van der Waals surface area contributed by atoms with Crippen LogP contribution in [0.25, 0.3) is 5.76 Å². The van der Waals surface area contributed by atoms with E-state index in [0.717, 1.165) is 24.0 Å². The first kappa shape index (κ1) is 29.4. The number of rotatable bonds is 12. The Labute approximate surface area is 251 Å². The molecule has 8 nitrogen and oxygen atoms in total. The van der Waals surface area contributed by atoms with Crippen LogP contribution in [0.2, 0.25) is 0 Å². The number of unbranched alkanes of at least 4 members (excludes halogenated alkanes) is 1. The fourth-order valence-corrected chi connectivity index (χ4v) is 5.01. The van der Waals surface area contributed by atoms with Gasteiger partial charge in [0.1, 0.15) is 18.1 Å². The van der Waals surface area contributed by atoms with E-state index < -0.39 is 17.7 Å². The maximum absolute atomic E-state index is 13.6. The number of likely N-dealkylation sites (tertiary alicyclic amines) is 1. The largest absolute Gasteiger partial charge is 0.507 e. The van der Waals surface area contributed by atoms with Crippen LogP contribution in [0, 0.1) is 0 Å². The van der Waals surface area contributed by atoms with Crippen LogP contribution in [-0.4, -0.2) is 40.4 Å². The van der Waals surface area contributed by atoms with Crippen LogP contribution < -0.4 is 14.2 Å². The number of hydrogen-bond acceptors (Lipinski definition) is 7. The second kappa shape index (κ2) is 13.7. The van der Waals surface area contributed by atoms with E-state index in [1.807, 2.05) is 30.3 Å². The molecule has 0 bridgehead atoms. The third-order valence-corrected chi connectivity index (χ3v) is 7.26. The second-order valence-corrected chi connectivity index (χ2v) is 10.2. The molecular weight excluding hydrogens is 544 g/mol. The lowest BCUT2D eigenvalue weighted by Gasteiger charge is -2.26. The van der Waals surface area contributed by atoms with E-state index in [1.54, 1.807) is 67.0 Å². The molecule has 1 amide bonds. The Bertz CT molecular complexity index is 1600. The van der Waals surface area contributed by atoms with Gasteiger partial charge in [-0.1, -0.05) is 61.9 Å². The van der Waals surface area contributed by atoms with Crippen LogP contribution in [0.5, 0.6) is 17.2 Å². The SMILES string of the molecule is CCCCOc1cccc(C(O)=C2C(=O)C(=O)N(Cc3ccncc3)C2c2ccc(OCc3ccccc3)c(OC)c2)c1. The minimum atomic E-state index is -0.880. The Morgan fingerprint density at radius 1 is 0.884 bits per heavy atom. The van der Waals surface area contributed by atoms with Gasteiger partial charge in [-0.3, -0.25) is 14.6 Å². The molecular formula is C35H34N2O6. The van der Waals surface area contributed by atoms with E-state index in [1.165, 1.54) is 12.0 Å². The molecule has 1 aromatic heterocycles. The van der Waals surface area contributed by atoms with Crippen LogP contribution in [0.3, 0.4) is 0 Å². The van der Waals surface area contributed by atoms with E-state index in [0.29, 0.717) is 41.6 Å². The number of methoxy groups -OCH3 is 1. The number of ketones is 1. The summed E-state index contributed by atoms with van der Waals surface area (Å²) in [7, 11) is 1.53. The molecule has 1 atom stereocenters. The molecule has 5 rings (SSSR count). The first-order chi connectivity index (χ1) is 21.0. The molecule has 0 saturated carbocycles. The summed E-state index contributed by atoms with van der Waals surface area (Å²) in [5, 5.41) is 11.6. The number of benzene rings is 3. The van der Waals surface area contributed by atoms with Crippen LogP contribution >= 0.6 is 0 Å². The molecule has 1 aliphatic rings. The molecule has 43 heavy (non-hydrogen) atoms. The van der Waals surface area contributed by atoms with Crippen molar-refractivity contribution in [3.8, 4) is 17.2 Å². The lowest BCUT2D eigenvalue weighted by molar-refractivity contribution is -0.140. The number of Topliss-reactive ketones (excluding diaryl/α,β-unsaturated/α-hetero) is 1. The summed E-state index contributed by atoms with van der Waals surface area (Å²) in [5.41, 5.74) is 2.76. The van der Waals surface area contributed by atoms with Crippen LogP contribution in [-0.2, 0) is 22.7 Å². The zero-order valence-corrected chi connectivity index (χ0v) is 24.2. The van der Waals surface area contributed by atoms with Crippen molar-refractivity contribution in [1.82, 2.24) is 9.88 Å². The molecule has 1 aliphatic heterocycles. The lowest BCUT2D eigenvalue weighted by atomic mass is 9.94. The van der Waals surface area contributed by atoms with Crippen molar-refractivity contribution < 1.29 is 28.9 Å². The Hall–Kier alpha value is -5.11. The summed E-state index contributed by atoms with van der Waals surface area (Å²) >= 11 is 0. The zero-order chi connectivity index (χ0) is 30.2. The van der Waals surface area contributed by atoms with E-state index >= 15 is 0 Å². The summed E-state index contributed by atoms with van der Waals surface area (Å²) in [6.45, 7) is 3.10. The van der Waals surface area contributed by atoms with Crippen molar-refractivity contribution in [3.05, 3.63) is 125 Å². The highest BCUT2D eigenvalue weighted by molar-refractivity contribution is 6.46. The monoisotopic (exact) mass is 578 g/mol. The summed E-state index contributed by atoms with van der Waals surface area (Å²) in [6.07, 6.45) is 5.14. The van der Waals surface area contributed by atoms with E-state index in [4.69, 9.17) is 14.2 Å². The van der Waals surface area contributed by atoms with Crippen molar-refractivity contribution in [2.75, 3.05) is 13.7 Å². The van der Waals surface area contributed by atoms with Gasteiger partial charge in [-0.15, -0.1) is 0 Å². The highest BCUT2D eigenvalue weighted by Gasteiger charge is 2.46. The van der Waals surface area contributed by atoms with Crippen molar-refractivity contribution >= 4 is 17.4 Å². The second-order valence-electron chi connectivity index (χ2n) is 10.2. The van der Waals surface area contributed by atoms with Crippen LogP contribution in [0.15, 0.2) is 103 Å². The molecule has 1 unspecified atom stereocenters. The van der Waals surface area contributed by atoms with Gasteiger partial charge in [0.15, 0.2) is 11.5 Å². The number of amides is 1. The standard InChI is InChI=1S/C35H34N2O6/c1-3-4-19-42-28-12-8-11-27(20-28)33(38)31-32(37(35(40)34(31)39)22-24-15-17-36-18-16-24)26-13-14-29(30(21-26)41-2)43-23-25-9-6-5-7-10-25/h5-18,20-21,32,38H,3-4,19,22-23H2,1-2H3. The fourth-order valence-electron chi connectivity index (χ4n) is 5.01. The van der Waals surface area contributed by atoms with Gasteiger partial charge in [0.05, 0.1) is 25.3 Å². The van der Waals surface area contributed by atoms with Crippen molar-refractivity contribution in [1.29, 1.82) is 0 Å². The van der Waals surface area contributed by atoms with Gasteiger partial charge in [-0.25, -0.2) is 0 Å². The fraction of sp³-hybridized carbons (Fsp3) is 0.229. The number of aliphatic hydroxyl groups excluding tert-OH is 1. The minimum absolute atomic E-state index is 0.00947. The number of nitrogens with zero attached hydrogens (tertiary/aromatic N) is 2. The molecule has 2 heterocycles. The smallest absolute Gasteiger partial charge is 0.295 e. The number of aliphatic hydroxyl groups is 1. The van der Waals surface area contributed by atoms with Crippen LogP contribution in [0.4, 0.5) is 0 Å². The number of ether oxygens (including phenoxy) is 3. The molecule has 4 aromatic rings. The van der Waals surface area contributed by atoms with E-state index in [9.17, 15) is 14.7 Å². The Kier molecular flexibility index (Phi) is 9.36. The lowest BCUT2D eigenvalue weighted by Crippen LogP contribution is -2.29. The topological polar surface area (TPSA) is 98.2 Å². The van der Waals surface area contributed by atoms with Crippen molar-refractivity contribution in [3.63, 3.8) is 0 Å². The third kappa shape index (κ3) is 6.70. The van der Waals surface area contributed by atoms with Crippen molar-refractivity contribution in [2.45, 2.75) is 39.0 Å². The first-order valence-corrected chi connectivity index (χ1v) is 14.2. The number of hydrogen-bond donors (Lipinski definition) is 1. The summed E-state index contributed by atoms with van der Waals surface area (Å²) < 4.78 is 17.5. The minimum Gasteiger partial charge on any atom is -0.507 e. The predicted octanol–water partition coefficient (Wildman–Crippen LogP) is 6.47. The molecule has 0 aliphatic carbocycles. The van der Waals surface area contributed by atoms with Gasteiger partial charge >= 0.3 is 0 Å². The molecule has 1 fully saturated rings. The molecule has 3 aromatic carbocycles. The zero-order valence-electron chi connectivity index (χ0n) is 24.2. The van der Waals surface area contributed by atoms with Gasteiger partial charge in [0.2, 0.25) is 0 Å². The van der Waals surface area contributed by atoms with Gasteiger partial charge in [-0.05, 0) is 59.5 Å². The molecule has 0 spiro atoms.